The standard InChI is InChI=1S/C16H18BrFN4O2/c17-12-8-11(9-13(18)10-12)15(23)19-5-3-7-22-16(24)21-6-2-1-4-14(21)20-22/h8-10H,1-7H2,(H,19,23). The molecule has 1 aromatic carbocycles. The minimum Gasteiger partial charge on any atom is -0.352 e. The average molecular weight is 397 g/mol. The normalized spacial score (nSPS) is 13.6. The molecule has 0 fully saturated rings. The Kier molecular flexibility index (Phi) is 5.13. The molecule has 8 heteroatoms. The van der Waals surface area contributed by atoms with E-state index in [-0.39, 0.29) is 17.2 Å². The van der Waals surface area contributed by atoms with Gasteiger partial charge in [-0.3, -0.25) is 9.36 Å². The number of carbonyl (C=O) groups excluding carboxylic acids is 1. The fourth-order valence-electron chi connectivity index (χ4n) is 2.81. The highest BCUT2D eigenvalue weighted by Gasteiger charge is 2.16. The van der Waals surface area contributed by atoms with Crippen molar-refractivity contribution in [2.45, 2.75) is 38.8 Å². The Hall–Kier alpha value is -1.96. The fraction of sp³-hybridized carbons (Fsp3) is 0.438. The number of rotatable bonds is 5. The molecule has 128 valence electrons. The molecular formula is C16H18BrFN4O2. The largest absolute Gasteiger partial charge is 0.352 e. The lowest BCUT2D eigenvalue weighted by atomic mass is 10.2. The summed E-state index contributed by atoms with van der Waals surface area (Å²) in [6.07, 6.45) is 3.50. The third-order valence-corrected chi connectivity index (χ3v) is 4.45. The van der Waals surface area contributed by atoms with Crippen LogP contribution in [0, 0.1) is 5.82 Å². The van der Waals surface area contributed by atoms with Crippen LogP contribution in [0.25, 0.3) is 0 Å². The summed E-state index contributed by atoms with van der Waals surface area (Å²) >= 11 is 3.16. The van der Waals surface area contributed by atoms with Crippen molar-refractivity contribution in [2.24, 2.45) is 0 Å². The van der Waals surface area contributed by atoms with E-state index < -0.39 is 5.82 Å². The van der Waals surface area contributed by atoms with Gasteiger partial charge in [0.2, 0.25) is 0 Å². The molecule has 1 amide bonds. The minimum atomic E-state index is -0.468. The Balaban J connectivity index is 1.53. The van der Waals surface area contributed by atoms with Crippen molar-refractivity contribution in [3.63, 3.8) is 0 Å². The summed E-state index contributed by atoms with van der Waals surface area (Å²) in [6.45, 7) is 1.58. The first kappa shape index (κ1) is 16.9. The molecular weight excluding hydrogens is 379 g/mol. The Morgan fingerprint density at radius 1 is 1.33 bits per heavy atom. The van der Waals surface area contributed by atoms with Gasteiger partial charge < -0.3 is 5.32 Å². The van der Waals surface area contributed by atoms with Gasteiger partial charge in [0.05, 0.1) is 0 Å². The maximum Gasteiger partial charge on any atom is 0.345 e. The van der Waals surface area contributed by atoms with Crippen LogP contribution in [0.5, 0.6) is 0 Å². The number of amides is 1. The summed E-state index contributed by atoms with van der Waals surface area (Å²) in [5, 5.41) is 7.08. The molecule has 6 nitrogen and oxygen atoms in total. The molecule has 0 unspecified atom stereocenters. The van der Waals surface area contributed by atoms with Crippen molar-refractivity contribution in [1.29, 1.82) is 0 Å². The molecule has 0 saturated heterocycles. The molecule has 24 heavy (non-hydrogen) atoms. The van der Waals surface area contributed by atoms with Crippen LogP contribution in [-0.4, -0.2) is 26.8 Å². The molecule has 0 radical (unpaired) electrons. The summed E-state index contributed by atoms with van der Waals surface area (Å²) in [5.74, 6) is 0.0382. The third-order valence-electron chi connectivity index (χ3n) is 3.99. The van der Waals surface area contributed by atoms with Crippen molar-refractivity contribution in [1.82, 2.24) is 19.7 Å². The van der Waals surface area contributed by atoms with Crippen LogP contribution in [0.3, 0.4) is 0 Å². The smallest absolute Gasteiger partial charge is 0.345 e. The van der Waals surface area contributed by atoms with Gasteiger partial charge in [-0.05, 0) is 37.5 Å². The molecule has 3 rings (SSSR count). The molecule has 0 atom stereocenters. The van der Waals surface area contributed by atoms with E-state index >= 15 is 0 Å². The van der Waals surface area contributed by atoms with Crippen molar-refractivity contribution >= 4 is 21.8 Å². The second-order valence-corrected chi connectivity index (χ2v) is 6.71. The number of nitrogens with one attached hydrogen (secondary N) is 1. The zero-order valence-electron chi connectivity index (χ0n) is 13.1. The zero-order chi connectivity index (χ0) is 17.1. The van der Waals surface area contributed by atoms with Crippen LogP contribution in [0.4, 0.5) is 4.39 Å². The van der Waals surface area contributed by atoms with Crippen molar-refractivity contribution in [3.05, 3.63) is 50.4 Å². The zero-order valence-corrected chi connectivity index (χ0v) is 14.7. The number of hydrogen-bond acceptors (Lipinski definition) is 3. The van der Waals surface area contributed by atoms with Crippen molar-refractivity contribution < 1.29 is 9.18 Å². The van der Waals surface area contributed by atoms with E-state index in [1.807, 2.05) is 0 Å². The number of aromatic nitrogens is 3. The van der Waals surface area contributed by atoms with Gasteiger partial charge in [-0.2, -0.15) is 5.10 Å². The van der Waals surface area contributed by atoms with Crippen LogP contribution in [0.15, 0.2) is 27.5 Å². The molecule has 1 aromatic heterocycles. The monoisotopic (exact) mass is 396 g/mol. The summed E-state index contributed by atoms with van der Waals surface area (Å²) in [4.78, 5) is 24.2. The molecule has 1 aliphatic rings. The van der Waals surface area contributed by atoms with Crippen LogP contribution in [-0.2, 0) is 19.5 Å². The van der Waals surface area contributed by atoms with Gasteiger partial charge in [0, 0.05) is 36.1 Å². The van der Waals surface area contributed by atoms with Gasteiger partial charge >= 0.3 is 5.69 Å². The predicted octanol–water partition coefficient (Wildman–Crippen LogP) is 2.10. The Morgan fingerprint density at radius 3 is 2.92 bits per heavy atom. The van der Waals surface area contributed by atoms with Gasteiger partial charge in [-0.15, -0.1) is 0 Å². The Bertz CT molecular complexity index is 795. The topological polar surface area (TPSA) is 68.9 Å². The second-order valence-electron chi connectivity index (χ2n) is 5.80. The van der Waals surface area contributed by atoms with E-state index in [0.29, 0.717) is 24.0 Å². The van der Waals surface area contributed by atoms with E-state index in [9.17, 15) is 14.0 Å². The number of fused-ring (bicyclic) bond motifs is 1. The third kappa shape index (κ3) is 3.75. The van der Waals surface area contributed by atoms with Crippen LogP contribution < -0.4 is 11.0 Å². The molecule has 0 spiro atoms. The van der Waals surface area contributed by atoms with Crippen LogP contribution in [0.1, 0.15) is 35.4 Å². The molecule has 2 heterocycles. The summed E-state index contributed by atoms with van der Waals surface area (Å²) in [7, 11) is 0. The van der Waals surface area contributed by atoms with Crippen LogP contribution >= 0.6 is 15.9 Å². The number of benzene rings is 1. The van der Waals surface area contributed by atoms with Crippen molar-refractivity contribution in [3.8, 4) is 0 Å². The highest BCUT2D eigenvalue weighted by molar-refractivity contribution is 9.10. The number of halogens is 2. The van der Waals surface area contributed by atoms with Gasteiger partial charge in [0.15, 0.2) is 0 Å². The predicted molar refractivity (Wildman–Crippen MR) is 90.5 cm³/mol. The first-order valence-corrected chi connectivity index (χ1v) is 8.75. The fourth-order valence-corrected chi connectivity index (χ4v) is 3.28. The van der Waals surface area contributed by atoms with Gasteiger partial charge in [-0.1, -0.05) is 15.9 Å². The maximum atomic E-state index is 13.3. The molecule has 1 aliphatic heterocycles. The lowest BCUT2D eigenvalue weighted by molar-refractivity contribution is 0.0952. The highest BCUT2D eigenvalue weighted by atomic mass is 79.9. The second kappa shape index (κ2) is 7.29. The van der Waals surface area contributed by atoms with Crippen molar-refractivity contribution in [2.75, 3.05) is 6.54 Å². The molecule has 1 N–H and O–H groups in total. The molecule has 0 bridgehead atoms. The first-order chi connectivity index (χ1) is 11.5. The molecule has 0 aliphatic carbocycles. The number of carbonyl (C=O) groups is 1. The first-order valence-electron chi connectivity index (χ1n) is 7.95. The quantitative estimate of drug-likeness (QED) is 0.786. The van der Waals surface area contributed by atoms with Gasteiger partial charge in [0.1, 0.15) is 11.6 Å². The average Bonchev–Trinajstić information content (AvgIpc) is 2.87. The Morgan fingerprint density at radius 2 is 2.17 bits per heavy atom. The van der Waals surface area contributed by atoms with Gasteiger partial charge in [0.25, 0.3) is 5.91 Å². The summed E-state index contributed by atoms with van der Waals surface area (Å²) < 4.78 is 17.0. The van der Waals surface area contributed by atoms with E-state index in [1.165, 1.54) is 16.8 Å². The highest BCUT2D eigenvalue weighted by Crippen LogP contribution is 2.14. The van der Waals surface area contributed by atoms with Crippen LogP contribution in [0.2, 0.25) is 0 Å². The molecule has 2 aromatic rings. The van der Waals surface area contributed by atoms with E-state index in [4.69, 9.17) is 0 Å². The SMILES string of the molecule is O=C(NCCCn1nc2n(c1=O)CCCC2)c1cc(F)cc(Br)c1. The summed E-state index contributed by atoms with van der Waals surface area (Å²) in [6, 6.07) is 4.05. The number of aryl methyl sites for hydroxylation is 2. The van der Waals surface area contributed by atoms with E-state index in [2.05, 4.69) is 26.3 Å². The number of hydrogen-bond donors (Lipinski definition) is 1. The van der Waals surface area contributed by atoms with Gasteiger partial charge in [-0.25, -0.2) is 13.9 Å². The maximum absolute atomic E-state index is 13.3. The minimum absolute atomic E-state index is 0.0786. The summed E-state index contributed by atoms with van der Waals surface area (Å²) in [5.41, 5.74) is 0.182. The lowest BCUT2D eigenvalue weighted by Crippen LogP contribution is -2.29. The number of nitrogens with zero attached hydrogens (tertiary/aromatic N) is 3. The van der Waals surface area contributed by atoms with E-state index in [1.54, 1.807) is 10.6 Å². The Labute approximate surface area is 146 Å². The molecule has 0 saturated carbocycles. The lowest BCUT2D eigenvalue weighted by Gasteiger charge is -2.09. The van der Waals surface area contributed by atoms with E-state index in [0.717, 1.165) is 31.6 Å².